The lowest BCUT2D eigenvalue weighted by Gasteiger charge is -2.22. The zero-order valence-electron chi connectivity index (χ0n) is 11.3. The minimum absolute atomic E-state index is 0.0921. The standard InChI is InChI=1S/C13H18N4O3/c1-13(7-14)4-5-16(8-13)12(18)10-6-9(17(19)20)2-3-11(10)15/h2-3,6H,4-5,7-8,14-15H2,1H3. The minimum atomic E-state index is -0.537. The number of carbonyl (C=O) groups excluding carboxylic acids is 1. The quantitative estimate of drug-likeness (QED) is 0.486. The highest BCUT2D eigenvalue weighted by Gasteiger charge is 2.35. The molecule has 20 heavy (non-hydrogen) atoms. The van der Waals surface area contributed by atoms with Crippen molar-refractivity contribution in [1.29, 1.82) is 0 Å². The van der Waals surface area contributed by atoms with Crippen molar-refractivity contribution in [1.82, 2.24) is 4.90 Å². The Kier molecular flexibility index (Phi) is 3.63. The number of hydrogen-bond donors (Lipinski definition) is 2. The van der Waals surface area contributed by atoms with Crippen LogP contribution < -0.4 is 11.5 Å². The SMILES string of the molecule is CC1(CN)CCN(C(=O)c2cc([N+](=O)[O-])ccc2N)C1. The molecule has 1 heterocycles. The lowest BCUT2D eigenvalue weighted by Crippen LogP contribution is -2.34. The molecule has 0 radical (unpaired) electrons. The summed E-state index contributed by atoms with van der Waals surface area (Å²) in [6.07, 6.45) is 0.823. The number of benzene rings is 1. The molecule has 7 heteroatoms. The summed E-state index contributed by atoms with van der Waals surface area (Å²) in [6.45, 7) is 3.66. The average Bonchev–Trinajstić information content (AvgIpc) is 2.82. The highest BCUT2D eigenvalue weighted by atomic mass is 16.6. The Morgan fingerprint density at radius 3 is 2.80 bits per heavy atom. The molecule has 0 bridgehead atoms. The predicted octanol–water partition coefficient (Wildman–Crippen LogP) is 0.988. The van der Waals surface area contributed by atoms with Crippen LogP contribution >= 0.6 is 0 Å². The van der Waals surface area contributed by atoms with Crippen molar-refractivity contribution in [3.05, 3.63) is 33.9 Å². The van der Waals surface area contributed by atoms with Gasteiger partial charge in [0.25, 0.3) is 11.6 Å². The van der Waals surface area contributed by atoms with E-state index in [9.17, 15) is 14.9 Å². The molecular weight excluding hydrogens is 260 g/mol. The fraction of sp³-hybridized carbons (Fsp3) is 0.462. The van der Waals surface area contributed by atoms with E-state index in [0.717, 1.165) is 6.42 Å². The first-order chi connectivity index (χ1) is 9.36. The van der Waals surface area contributed by atoms with Gasteiger partial charge in [-0.05, 0) is 24.4 Å². The summed E-state index contributed by atoms with van der Waals surface area (Å²) in [5, 5.41) is 10.8. The van der Waals surface area contributed by atoms with E-state index < -0.39 is 4.92 Å². The molecule has 1 aromatic carbocycles. The number of carbonyl (C=O) groups is 1. The van der Waals surface area contributed by atoms with Gasteiger partial charge in [0.1, 0.15) is 0 Å². The summed E-state index contributed by atoms with van der Waals surface area (Å²) in [7, 11) is 0. The molecule has 108 valence electrons. The van der Waals surface area contributed by atoms with Gasteiger partial charge in [0, 0.05) is 30.9 Å². The summed E-state index contributed by atoms with van der Waals surface area (Å²) < 4.78 is 0. The number of nitrogens with zero attached hydrogens (tertiary/aromatic N) is 2. The number of amides is 1. The first-order valence-electron chi connectivity index (χ1n) is 6.39. The number of non-ortho nitro benzene ring substituents is 1. The topological polar surface area (TPSA) is 115 Å². The van der Waals surface area contributed by atoms with Gasteiger partial charge in [-0.3, -0.25) is 14.9 Å². The van der Waals surface area contributed by atoms with Crippen molar-refractivity contribution >= 4 is 17.3 Å². The number of likely N-dealkylation sites (tertiary alicyclic amines) is 1. The van der Waals surface area contributed by atoms with Crippen LogP contribution in [0.1, 0.15) is 23.7 Å². The largest absolute Gasteiger partial charge is 0.398 e. The maximum absolute atomic E-state index is 12.4. The summed E-state index contributed by atoms with van der Waals surface area (Å²) >= 11 is 0. The third-order valence-corrected chi connectivity index (χ3v) is 3.82. The van der Waals surface area contributed by atoms with E-state index in [2.05, 4.69) is 0 Å². The summed E-state index contributed by atoms with van der Waals surface area (Å²) in [5.41, 5.74) is 11.7. The van der Waals surface area contributed by atoms with Crippen LogP contribution in [0, 0.1) is 15.5 Å². The molecule has 0 saturated carbocycles. The molecule has 0 spiro atoms. The van der Waals surface area contributed by atoms with Crippen LogP contribution in [0.5, 0.6) is 0 Å². The van der Waals surface area contributed by atoms with Crippen molar-refractivity contribution in [3.8, 4) is 0 Å². The van der Waals surface area contributed by atoms with Crippen molar-refractivity contribution in [3.63, 3.8) is 0 Å². The van der Waals surface area contributed by atoms with E-state index in [1.165, 1.54) is 18.2 Å². The number of nitrogen functional groups attached to an aromatic ring is 1. The molecule has 1 fully saturated rings. The Morgan fingerprint density at radius 1 is 1.55 bits per heavy atom. The molecule has 1 saturated heterocycles. The first-order valence-corrected chi connectivity index (χ1v) is 6.39. The smallest absolute Gasteiger partial charge is 0.270 e. The molecule has 1 unspecified atom stereocenters. The molecule has 0 aliphatic carbocycles. The number of nitrogens with two attached hydrogens (primary N) is 2. The Hall–Kier alpha value is -2.15. The average molecular weight is 278 g/mol. The molecular formula is C13H18N4O3. The van der Waals surface area contributed by atoms with Crippen LogP contribution in [-0.4, -0.2) is 35.4 Å². The number of rotatable bonds is 3. The van der Waals surface area contributed by atoms with Crippen LogP contribution in [0.25, 0.3) is 0 Å². The maximum atomic E-state index is 12.4. The van der Waals surface area contributed by atoms with Gasteiger partial charge in [0.05, 0.1) is 10.5 Å². The molecule has 4 N–H and O–H groups in total. The Balaban J connectivity index is 2.26. The Morgan fingerprint density at radius 2 is 2.25 bits per heavy atom. The van der Waals surface area contributed by atoms with Gasteiger partial charge in [0.2, 0.25) is 0 Å². The zero-order valence-corrected chi connectivity index (χ0v) is 11.3. The van der Waals surface area contributed by atoms with E-state index in [1.807, 2.05) is 6.92 Å². The zero-order chi connectivity index (χ0) is 14.9. The molecule has 2 rings (SSSR count). The van der Waals surface area contributed by atoms with Crippen LogP contribution in [-0.2, 0) is 0 Å². The minimum Gasteiger partial charge on any atom is -0.398 e. The fourth-order valence-corrected chi connectivity index (χ4v) is 2.38. The van der Waals surface area contributed by atoms with Gasteiger partial charge in [-0.1, -0.05) is 6.92 Å². The normalized spacial score (nSPS) is 22.0. The van der Waals surface area contributed by atoms with Crippen LogP contribution in [0.15, 0.2) is 18.2 Å². The molecule has 1 atom stereocenters. The number of anilines is 1. The van der Waals surface area contributed by atoms with Gasteiger partial charge >= 0.3 is 0 Å². The van der Waals surface area contributed by atoms with Gasteiger partial charge in [-0.2, -0.15) is 0 Å². The van der Waals surface area contributed by atoms with Crippen LogP contribution in [0.4, 0.5) is 11.4 Å². The monoisotopic (exact) mass is 278 g/mol. The first kappa shape index (κ1) is 14.3. The Bertz CT molecular complexity index is 561. The third kappa shape index (κ3) is 2.57. The van der Waals surface area contributed by atoms with Crippen molar-refractivity contribution in [2.45, 2.75) is 13.3 Å². The van der Waals surface area contributed by atoms with Crippen molar-refractivity contribution < 1.29 is 9.72 Å². The molecule has 1 aromatic rings. The Labute approximate surface area is 116 Å². The lowest BCUT2D eigenvalue weighted by atomic mass is 9.90. The molecule has 0 aromatic heterocycles. The van der Waals surface area contributed by atoms with E-state index in [4.69, 9.17) is 11.5 Å². The van der Waals surface area contributed by atoms with E-state index in [-0.39, 0.29) is 28.3 Å². The second-order valence-corrected chi connectivity index (χ2v) is 5.52. The predicted molar refractivity (Wildman–Crippen MR) is 75.2 cm³/mol. The maximum Gasteiger partial charge on any atom is 0.270 e. The number of nitro benzene ring substituents is 1. The molecule has 7 nitrogen and oxygen atoms in total. The van der Waals surface area contributed by atoms with Crippen LogP contribution in [0.2, 0.25) is 0 Å². The third-order valence-electron chi connectivity index (χ3n) is 3.82. The second kappa shape index (κ2) is 5.09. The van der Waals surface area contributed by atoms with Gasteiger partial charge in [0.15, 0.2) is 0 Å². The number of hydrogen-bond acceptors (Lipinski definition) is 5. The van der Waals surface area contributed by atoms with Crippen LogP contribution in [0.3, 0.4) is 0 Å². The van der Waals surface area contributed by atoms with E-state index in [0.29, 0.717) is 19.6 Å². The van der Waals surface area contributed by atoms with E-state index in [1.54, 1.807) is 4.90 Å². The highest BCUT2D eigenvalue weighted by Crippen LogP contribution is 2.31. The molecule has 1 aliphatic heterocycles. The summed E-state index contributed by atoms with van der Waals surface area (Å²) in [4.78, 5) is 24.3. The van der Waals surface area contributed by atoms with E-state index >= 15 is 0 Å². The van der Waals surface area contributed by atoms with Gasteiger partial charge < -0.3 is 16.4 Å². The molecule has 1 amide bonds. The second-order valence-electron chi connectivity index (χ2n) is 5.52. The highest BCUT2D eigenvalue weighted by molar-refractivity contribution is 6.00. The fourth-order valence-electron chi connectivity index (χ4n) is 2.38. The van der Waals surface area contributed by atoms with Crippen molar-refractivity contribution in [2.75, 3.05) is 25.4 Å². The molecule has 1 aliphatic rings. The van der Waals surface area contributed by atoms with Gasteiger partial charge in [-0.15, -0.1) is 0 Å². The lowest BCUT2D eigenvalue weighted by molar-refractivity contribution is -0.384. The van der Waals surface area contributed by atoms with Crippen molar-refractivity contribution in [2.24, 2.45) is 11.1 Å². The summed E-state index contributed by atoms with van der Waals surface area (Å²) in [6, 6.07) is 3.92. The summed E-state index contributed by atoms with van der Waals surface area (Å²) in [5.74, 6) is -0.275. The number of nitro groups is 1. The van der Waals surface area contributed by atoms with Gasteiger partial charge in [-0.25, -0.2) is 0 Å².